The number of carbonyl (C=O) groups is 2. The van der Waals surface area contributed by atoms with Gasteiger partial charge in [0.1, 0.15) is 0 Å². The Labute approximate surface area is 265 Å². The smallest absolute Gasteiger partial charge is 0.335 e. The fourth-order valence-corrected chi connectivity index (χ4v) is 3.75. The fraction of sp³-hybridized carbons (Fsp3) is 0.368. The molecule has 0 fully saturated rings. The van der Waals surface area contributed by atoms with E-state index in [1.807, 2.05) is 65.8 Å². The summed E-state index contributed by atoms with van der Waals surface area (Å²) in [6.45, 7) is 18.6. The maximum absolute atomic E-state index is 11.5. The van der Waals surface area contributed by atoms with Crippen molar-refractivity contribution in [2.45, 2.75) is 67.2 Å². The number of benzene rings is 3. The molecular formula is C38H52O6. The molecular weight excluding hydrogens is 552 g/mol. The molecule has 0 aliphatic carbocycles. The Morgan fingerprint density at radius 2 is 0.727 bits per heavy atom. The van der Waals surface area contributed by atoms with Crippen LogP contribution >= 0.6 is 0 Å². The molecule has 3 rings (SSSR count). The van der Waals surface area contributed by atoms with Crippen molar-refractivity contribution in [3.05, 3.63) is 130 Å². The Hall–Kier alpha value is -4.00. The summed E-state index contributed by atoms with van der Waals surface area (Å²) in [6, 6.07) is 25.1. The average Bonchev–Trinajstić information content (AvgIpc) is 3.09. The first-order valence-corrected chi connectivity index (χ1v) is 15.5. The SMILES string of the molecule is C=C(CO)C(=O)OCCc1ccc(Cc2ccc(Cc3ccc(CCOC(=O)C(=C)CO)cc3)cc2)cc1.CC.CC.CC. The van der Waals surface area contributed by atoms with Crippen LogP contribution in [0.25, 0.3) is 0 Å². The van der Waals surface area contributed by atoms with E-state index in [0.717, 1.165) is 24.0 Å². The number of esters is 2. The Morgan fingerprint density at radius 3 is 0.955 bits per heavy atom. The van der Waals surface area contributed by atoms with Crippen molar-refractivity contribution in [1.82, 2.24) is 0 Å². The molecule has 0 spiro atoms. The van der Waals surface area contributed by atoms with E-state index in [4.69, 9.17) is 19.7 Å². The van der Waals surface area contributed by atoms with Crippen LogP contribution in [0.2, 0.25) is 0 Å². The number of aliphatic hydroxyl groups is 2. The molecule has 0 saturated carbocycles. The van der Waals surface area contributed by atoms with Crippen LogP contribution < -0.4 is 0 Å². The van der Waals surface area contributed by atoms with Gasteiger partial charge in [-0.15, -0.1) is 0 Å². The van der Waals surface area contributed by atoms with Gasteiger partial charge in [-0.1, -0.05) is 127 Å². The van der Waals surface area contributed by atoms with E-state index in [1.165, 1.54) is 22.3 Å². The summed E-state index contributed by atoms with van der Waals surface area (Å²) in [5.41, 5.74) is 7.13. The molecule has 6 heteroatoms. The number of aliphatic hydroxyl groups excluding tert-OH is 2. The van der Waals surface area contributed by atoms with Crippen molar-refractivity contribution < 1.29 is 29.3 Å². The highest BCUT2D eigenvalue weighted by Gasteiger charge is 2.08. The lowest BCUT2D eigenvalue weighted by Crippen LogP contribution is -2.11. The second kappa shape index (κ2) is 24.4. The number of ether oxygens (including phenoxy) is 2. The second-order valence-electron chi connectivity index (χ2n) is 9.10. The van der Waals surface area contributed by atoms with E-state index in [-0.39, 0.29) is 24.4 Å². The number of hydrogen-bond acceptors (Lipinski definition) is 6. The minimum Gasteiger partial charge on any atom is -0.462 e. The summed E-state index contributed by atoms with van der Waals surface area (Å²) in [7, 11) is 0. The van der Waals surface area contributed by atoms with E-state index in [9.17, 15) is 9.59 Å². The van der Waals surface area contributed by atoms with Gasteiger partial charge in [0.05, 0.1) is 37.6 Å². The van der Waals surface area contributed by atoms with Crippen LogP contribution in [0.4, 0.5) is 0 Å². The number of rotatable bonds is 14. The molecule has 0 bridgehead atoms. The Bertz CT molecular complexity index is 1130. The molecule has 44 heavy (non-hydrogen) atoms. The number of hydrogen-bond donors (Lipinski definition) is 2. The first-order chi connectivity index (χ1) is 21.4. The van der Waals surface area contributed by atoms with E-state index in [1.54, 1.807) is 0 Å². The van der Waals surface area contributed by atoms with Gasteiger partial charge in [0.25, 0.3) is 0 Å². The molecule has 2 N–H and O–H groups in total. The molecule has 3 aromatic rings. The summed E-state index contributed by atoms with van der Waals surface area (Å²) in [5, 5.41) is 17.8. The third-order valence-electron chi connectivity index (χ3n) is 6.09. The Morgan fingerprint density at radius 1 is 0.500 bits per heavy atom. The molecule has 0 unspecified atom stereocenters. The van der Waals surface area contributed by atoms with Crippen molar-refractivity contribution in [2.75, 3.05) is 26.4 Å². The Kier molecular flexibility index (Phi) is 22.2. The van der Waals surface area contributed by atoms with Gasteiger partial charge < -0.3 is 19.7 Å². The zero-order valence-corrected chi connectivity index (χ0v) is 27.5. The van der Waals surface area contributed by atoms with Gasteiger partial charge in [0.2, 0.25) is 0 Å². The van der Waals surface area contributed by atoms with Crippen LogP contribution in [0.15, 0.2) is 97.1 Å². The van der Waals surface area contributed by atoms with Crippen molar-refractivity contribution in [1.29, 1.82) is 0 Å². The lowest BCUT2D eigenvalue weighted by Gasteiger charge is -2.08. The van der Waals surface area contributed by atoms with Crippen LogP contribution in [0.5, 0.6) is 0 Å². The van der Waals surface area contributed by atoms with E-state index < -0.39 is 25.2 Å². The first kappa shape index (κ1) is 40.0. The van der Waals surface area contributed by atoms with Crippen LogP contribution in [0.3, 0.4) is 0 Å². The first-order valence-electron chi connectivity index (χ1n) is 15.5. The van der Waals surface area contributed by atoms with Gasteiger partial charge in [-0.3, -0.25) is 0 Å². The Balaban J connectivity index is 0.00000290. The fourth-order valence-electron chi connectivity index (χ4n) is 3.75. The zero-order valence-electron chi connectivity index (χ0n) is 27.5. The molecule has 3 aromatic carbocycles. The van der Waals surface area contributed by atoms with Crippen molar-refractivity contribution in [3.8, 4) is 0 Å². The monoisotopic (exact) mass is 604 g/mol. The molecule has 0 aromatic heterocycles. The van der Waals surface area contributed by atoms with Crippen molar-refractivity contribution >= 4 is 11.9 Å². The van der Waals surface area contributed by atoms with Gasteiger partial charge in [-0.2, -0.15) is 0 Å². The lowest BCUT2D eigenvalue weighted by atomic mass is 9.99. The molecule has 0 aliphatic heterocycles. The molecule has 0 radical (unpaired) electrons. The maximum Gasteiger partial charge on any atom is 0.335 e. The predicted octanol–water partition coefficient (Wildman–Crippen LogP) is 7.22. The van der Waals surface area contributed by atoms with Gasteiger partial charge in [-0.05, 0) is 46.2 Å². The molecule has 0 heterocycles. The quantitative estimate of drug-likeness (QED) is 0.149. The summed E-state index contributed by atoms with van der Waals surface area (Å²) < 4.78 is 10.2. The highest BCUT2D eigenvalue weighted by atomic mass is 16.5. The van der Waals surface area contributed by atoms with Crippen LogP contribution in [0.1, 0.15) is 74.9 Å². The highest BCUT2D eigenvalue weighted by molar-refractivity contribution is 5.88. The third kappa shape index (κ3) is 15.5. The molecule has 240 valence electrons. The largest absolute Gasteiger partial charge is 0.462 e. The predicted molar refractivity (Wildman–Crippen MR) is 181 cm³/mol. The summed E-state index contributed by atoms with van der Waals surface area (Å²) in [5.74, 6) is -1.13. The second-order valence-corrected chi connectivity index (χ2v) is 9.10. The standard InChI is InChI=1S/C32H34O6.3C2H6/c1-23(21-33)31(35)37-17-15-25-3-7-27(8-4-25)19-29-11-13-30(14-12-29)20-28-9-5-26(6-10-28)16-18-38-32(36)24(2)22-34;3*1-2/h3-14,33-34H,1-2,15-22H2;3*1-2H3. The molecule has 6 nitrogen and oxygen atoms in total. The van der Waals surface area contributed by atoms with Crippen LogP contribution in [0, 0.1) is 0 Å². The molecule has 0 aliphatic rings. The molecule has 0 saturated heterocycles. The summed E-state index contributed by atoms with van der Waals surface area (Å²) in [4.78, 5) is 23.1. The molecule has 0 atom stereocenters. The summed E-state index contributed by atoms with van der Waals surface area (Å²) >= 11 is 0. The van der Waals surface area contributed by atoms with Crippen molar-refractivity contribution in [2.24, 2.45) is 0 Å². The van der Waals surface area contributed by atoms with Gasteiger partial charge in [-0.25, -0.2) is 9.59 Å². The summed E-state index contributed by atoms with van der Waals surface area (Å²) in [6.07, 6.45) is 2.87. The minimum absolute atomic E-state index is 0.0592. The van der Waals surface area contributed by atoms with E-state index >= 15 is 0 Å². The minimum atomic E-state index is -0.563. The average molecular weight is 605 g/mol. The zero-order chi connectivity index (χ0) is 33.3. The third-order valence-corrected chi connectivity index (χ3v) is 6.09. The van der Waals surface area contributed by atoms with Gasteiger partial charge in [0, 0.05) is 12.8 Å². The maximum atomic E-state index is 11.5. The van der Waals surface area contributed by atoms with Crippen LogP contribution in [-0.4, -0.2) is 48.6 Å². The van der Waals surface area contributed by atoms with Gasteiger partial charge in [0.15, 0.2) is 0 Å². The van der Waals surface area contributed by atoms with E-state index in [2.05, 4.69) is 61.7 Å². The molecule has 0 amide bonds. The van der Waals surface area contributed by atoms with Gasteiger partial charge >= 0.3 is 11.9 Å². The normalized spacial score (nSPS) is 9.55. The van der Waals surface area contributed by atoms with Crippen molar-refractivity contribution in [3.63, 3.8) is 0 Å². The highest BCUT2D eigenvalue weighted by Crippen LogP contribution is 2.16. The van der Waals surface area contributed by atoms with Crippen LogP contribution in [-0.2, 0) is 44.7 Å². The number of carbonyl (C=O) groups excluding carboxylic acids is 2. The topological polar surface area (TPSA) is 93.1 Å². The lowest BCUT2D eigenvalue weighted by molar-refractivity contribution is -0.140. The van der Waals surface area contributed by atoms with E-state index in [0.29, 0.717) is 12.8 Å².